The van der Waals surface area contributed by atoms with Crippen molar-refractivity contribution in [2.75, 3.05) is 13.7 Å². The molecule has 0 bridgehead atoms. The van der Waals surface area contributed by atoms with Gasteiger partial charge in [-0.1, -0.05) is 42.5 Å². The molecule has 23 heavy (non-hydrogen) atoms. The van der Waals surface area contributed by atoms with Gasteiger partial charge in [0.25, 0.3) is 0 Å². The molecule has 1 heterocycles. The maximum atomic E-state index is 11.2. The van der Waals surface area contributed by atoms with Crippen LogP contribution in [0.25, 0.3) is 11.1 Å². The summed E-state index contributed by atoms with van der Waals surface area (Å²) in [6, 6.07) is 16.9. The monoisotopic (exact) mass is 310 g/mol. The molecule has 2 aromatic rings. The number of carbonyl (C=O) groups excluding carboxylic acids is 1. The van der Waals surface area contributed by atoms with Crippen LogP contribution in [0.4, 0.5) is 0 Å². The number of piperidine rings is 1. The number of nitrogens with one attached hydrogen (secondary N) is 2. The summed E-state index contributed by atoms with van der Waals surface area (Å²) in [5.41, 5.74) is 3.46. The summed E-state index contributed by atoms with van der Waals surface area (Å²) in [7, 11) is 1.70. The van der Waals surface area contributed by atoms with Gasteiger partial charge < -0.3 is 15.4 Å². The quantitative estimate of drug-likeness (QED) is 0.893. The molecule has 2 N–H and O–H groups in total. The van der Waals surface area contributed by atoms with Crippen molar-refractivity contribution in [2.24, 2.45) is 0 Å². The average Bonchev–Trinajstić information content (AvgIpc) is 2.62. The summed E-state index contributed by atoms with van der Waals surface area (Å²) in [6.07, 6.45) is 1.48. The van der Waals surface area contributed by atoms with Gasteiger partial charge in [0.15, 0.2) is 0 Å². The summed E-state index contributed by atoms with van der Waals surface area (Å²) in [6.45, 7) is 1.43. The number of rotatable bonds is 5. The molecule has 4 heteroatoms. The highest BCUT2D eigenvalue weighted by atomic mass is 16.5. The topological polar surface area (TPSA) is 50.4 Å². The SMILES string of the molecule is COc1cc(-c2ccccc2)ccc1CN[C@H]1CCC(=O)NC1. The molecule has 2 aromatic carbocycles. The molecule has 0 saturated carbocycles. The molecule has 1 aliphatic heterocycles. The van der Waals surface area contributed by atoms with E-state index in [9.17, 15) is 4.79 Å². The third kappa shape index (κ3) is 3.90. The first-order valence-corrected chi connectivity index (χ1v) is 7.98. The van der Waals surface area contributed by atoms with E-state index in [4.69, 9.17) is 4.74 Å². The lowest BCUT2D eigenvalue weighted by molar-refractivity contribution is -0.122. The molecule has 4 nitrogen and oxygen atoms in total. The molecule has 0 unspecified atom stereocenters. The van der Waals surface area contributed by atoms with E-state index >= 15 is 0 Å². The maximum absolute atomic E-state index is 11.2. The second-order valence-electron chi connectivity index (χ2n) is 5.81. The van der Waals surface area contributed by atoms with Crippen LogP contribution in [0.3, 0.4) is 0 Å². The standard InChI is InChI=1S/C19H22N2O2/c1-23-18-11-15(14-5-3-2-4-6-14)7-8-16(18)12-20-17-9-10-19(22)21-13-17/h2-8,11,17,20H,9-10,12-13H2,1H3,(H,21,22)/t17-/m0/s1. The van der Waals surface area contributed by atoms with E-state index in [0.29, 0.717) is 19.0 Å². The number of hydrogen-bond acceptors (Lipinski definition) is 3. The predicted octanol–water partition coefficient (Wildman–Crippen LogP) is 2.73. The van der Waals surface area contributed by atoms with Crippen molar-refractivity contribution in [3.8, 4) is 16.9 Å². The second-order valence-corrected chi connectivity index (χ2v) is 5.81. The zero-order valence-corrected chi connectivity index (χ0v) is 13.3. The van der Waals surface area contributed by atoms with Gasteiger partial charge in [-0.05, 0) is 23.6 Å². The smallest absolute Gasteiger partial charge is 0.220 e. The van der Waals surface area contributed by atoms with Gasteiger partial charge in [0.05, 0.1) is 7.11 Å². The third-order valence-electron chi connectivity index (χ3n) is 4.24. The molecular formula is C19H22N2O2. The van der Waals surface area contributed by atoms with Crippen LogP contribution < -0.4 is 15.4 Å². The predicted molar refractivity (Wildman–Crippen MR) is 91.3 cm³/mol. The number of carbonyl (C=O) groups is 1. The van der Waals surface area contributed by atoms with Gasteiger partial charge in [0.1, 0.15) is 5.75 Å². The van der Waals surface area contributed by atoms with Crippen LogP contribution in [0.15, 0.2) is 48.5 Å². The Labute approximate surface area is 136 Å². The van der Waals surface area contributed by atoms with Crippen molar-refractivity contribution in [3.63, 3.8) is 0 Å². The van der Waals surface area contributed by atoms with E-state index in [-0.39, 0.29) is 5.91 Å². The Morgan fingerprint density at radius 3 is 2.70 bits per heavy atom. The van der Waals surface area contributed by atoms with Crippen molar-refractivity contribution in [1.29, 1.82) is 0 Å². The van der Waals surface area contributed by atoms with E-state index in [1.807, 2.05) is 18.2 Å². The number of hydrogen-bond donors (Lipinski definition) is 2. The summed E-state index contributed by atoms with van der Waals surface area (Å²) < 4.78 is 5.55. The van der Waals surface area contributed by atoms with Gasteiger partial charge in [-0.2, -0.15) is 0 Å². The molecular weight excluding hydrogens is 288 g/mol. The second kappa shape index (κ2) is 7.29. The number of amides is 1. The normalized spacial score (nSPS) is 17.6. The molecule has 1 amide bonds. The van der Waals surface area contributed by atoms with Crippen molar-refractivity contribution < 1.29 is 9.53 Å². The highest BCUT2D eigenvalue weighted by Crippen LogP contribution is 2.27. The molecule has 0 radical (unpaired) electrons. The van der Waals surface area contributed by atoms with Crippen LogP contribution in [-0.4, -0.2) is 25.6 Å². The van der Waals surface area contributed by atoms with Crippen molar-refractivity contribution >= 4 is 5.91 Å². The number of ether oxygens (including phenoxy) is 1. The number of benzene rings is 2. The minimum atomic E-state index is 0.146. The largest absolute Gasteiger partial charge is 0.496 e. The van der Waals surface area contributed by atoms with Crippen LogP contribution in [0.2, 0.25) is 0 Å². The highest BCUT2D eigenvalue weighted by Gasteiger charge is 2.17. The Kier molecular flexibility index (Phi) is 4.93. The molecule has 120 valence electrons. The Balaban J connectivity index is 1.69. The summed E-state index contributed by atoms with van der Waals surface area (Å²) in [5.74, 6) is 1.03. The minimum absolute atomic E-state index is 0.146. The molecule has 1 saturated heterocycles. The molecule has 1 aliphatic rings. The lowest BCUT2D eigenvalue weighted by Crippen LogP contribution is -2.45. The molecule has 0 aromatic heterocycles. The Morgan fingerprint density at radius 2 is 2.00 bits per heavy atom. The lowest BCUT2D eigenvalue weighted by atomic mass is 10.0. The van der Waals surface area contributed by atoms with Crippen molar-refractivity contribution in [1.82, 2.24) is 10.6 Å². The lowest BCUT2D eigenvalue weighted by Gasteiger charge is -2.24. The number of methoxy groups -OCH3 is 1. The van der Waals surface area contributed by atoms with Crippen LogP contribution in [0.1, 0.15) is 18.4 Å². The first-order chi connectivity index (χ1) is 11.3. The highest BCUT2D eigenvalue weighted by molar-refractivity contribution is 5.76. The van der Waals surface area contributed by atoms with Crippen molar-refractivity contribution in [3.05, 3.63) is 54.1 Å². The van der Waals surface area contributed by atoms with Crippen LogP contribution in [0, 0.1) is 0 Å². The summed E-state index contributed by atoms with van der Waals surface area (Å²) in [4.78, 5) is 11.2. The molecule has 1 atom stereocenters. The van der Waals surface area contributed by atoms with E-state index in [1.54, 1.807) is 7.11 Å². The third-order valence-corrected chi connectivity index (χ3v) is 4.24. The molecule has 1 fully saturated rings. The molecule has 3 rings (SSSR count). The fourth-order valence-electron chi connectivity index (χ4n) is 2.86. The van der Waals surface area contributed by atoms with E-state index in [0.717, 1.165) is 29.8 Å². The average molecular weight is 310 g/mol. The van der Waals surface area contributed by atoms with Crippen LogP contribution in [0.5, 0.6) is 5.75 Å². The Bertz CT molecular complexity index is 660. The van der Waals surface area contributed by atoms with E-state index in [1.165, 1.54) is 5.56 Å². The minimum Gasteiger partial charge on any atom is -0.496 e. The van der Waals surface area contributed by atoms with E-state index < -0.39 is 0 Å². The zero-order chi connectivity index (χ0) is 16.1. The van der Waals surface area contributed by atoms with Gasteiger partial charge in [-0.15, -0.1) is 0 Å². The van der Waals surface area contributed by atoms with Crippen LogP contribution >= 0.6 is 0 Å². The van der Waals surface area contributed by atoms with Gasteiger partial charge >= 0.3 is 0 Å². The summed E-state index contributed by atoms with van der Waals surface area (Å²) >= 11 is 0. The van der Waals surface area contributed by atoms with E-state index in [2.05, 4.69) is 41.0 Å². The zero-order valence-electron chi connectivity index (χ0n) is 13.3. The van der Waals surface area contributed by atoms with Gasteiger partial charge in [0, 0.05) is 31.1 Å². The molecule has 0 aliphatic carbocycles. The summed E-state index contributed by atoms with van der Waals surface area (Å²) in [5, 5.41) is 6.39. The first kappa shape index (κ1) is 15.6. The molecule has 0 spiro atoms. The van der Waals surface area contributed by atoms with Gasteiger partial charge in [0.2, 0.25) is 5.91 Å². The first-order valence-electron chi connectivity index (χ1n) is 7.98. The Hall–Kier alpha value is -2.33. The van der Waals surface area contributed by atoms with Gasteiger partial charge in [-0.3, -0.25) is 4.79 Å². The maximum Gasteiger partial charge on any atom is 0.220 e. The van der Waals surface area contributed by atoms with Gasteiger partial charge in [-0.25, -0.2) is 0 Å². The van der Waals surface area contributed by atoms with Crippen LogP contribution in [-0.2, 0) is 11.3 Å². The Morgan fingerprint density at radius 1 is 1.17 bits per heavy atom. The fraction of sp³-hybridized carbons (Fsp3) is 0.316. The fourth-order valence-corrected chi connectivity index (χ4v) is 2.86. The van der Waals surface area contributed by atoms with Crippen molar-refractivity contribution in [2.45, 2.75) is 25.4 Å².